The van der Waals surface area contributed by atoms with Crippen LogP contribution < -0.4 is 0 Å². The van der Waals surface area contributed by atoms with Crippen molar-refractivity contribution in [2.45, 2.75) is 6.42 Å². The summed E-state index contributed by atoms with van der Waals surface area (Å²) in [6, 6.07) is 2.10. The minimum atomic E-state index is 0.843. The fourth-order valence-corrected chi connectivity index (χ4v) is 0.808. The van der Waals surface area contributed by atoms with Crippen LogP contribution in [0.25, 0.3) is 0 Å². The maximum atomic E-state index is 8.40. The number of nitriles is 1. The molecule has 0 bridgehead atoms. The van der Waals surface area contributed by atoms with Gasteiger partial charge in [0, 0.05) is 24.7 Å². The fraction of sp³-hybridized carbons (Fsp3) is 0.286. The average molecular weight is 120 g/mol. The largest absolute Gasteiger partial charge is 0.354 e. The molecule has 1 aliphatic heterocycles. The lowest BCUT2D eigenvalue weighted by molar-refractivity contribution is 0.551. The average Bonchev–Trinajstić information content (AvgIpc) is 2.34. The quantitative estimate of drug-likeness (QED) is 0.520. The normalized spacial score (nSPS) is 16.8. The van der Waals surface area contributed by atoms with Gasteiger partial charge in [-0.25, -0.2) is 0 Å². The van der Waals surface area contributed by atoms with E-state index in [1.807, 2.05) is 11.1 Å². The highest BCUT2D eigenvalue weighted by atomic mass is 15.1. The van der Waals surface area contributed by atoms with E-state index in [2.05, 4.69) is 12.6 Å². The predicted molar refractivity (Wildman–Crippen MR) is 35.2 cm³/mol. The Balaban J connectivity index is 2.62. The lowest BCUT2D eigenvalue weighted by Gasteiger charge is -2.04. The van der Waals surface area contributed by atoms with E-state index in [1.165, 1.54) is 0 Å². The summed E-state index contributed by atoms with van der Waals surface area (Å²) in [5.74, 6) is 0. The van der Waals surface area contributed by atoms with Crippen molar-refractivity contribution in [1.82, 2.24) is 4.90 Å². The summed E-state index contributed by atoms with van der Waals surface area (Å²) >= 11 is 0. The Morgan fingerprint density at radius 1 is 1.89 bits per heavy atom. The van der Waals surface area contributed by atoms with Gasteiger partial charge < -0.3 is 4.90 Å². The Kier molecular flexibility index (Phi) is 1.55. The zero-order valence-electron chi connectivity index (χ0n) is 5.17. The molecule has 0 saturated heterocycles. The maximum Gasteiger partial charge on any atom is 0.0963 e. The topological polar surface area (TPSA) is 27.0 Å². The lowest BCUT2D eigenvalue weighted by Crippen LogP contribution is -2.02. The lowest BCUT2D eigenvalue weighted by atomic mass is 10.3. The summed E-state index contributed by atoms with van der Waals surface area (Å²) in [5.41, 5.74) is 0.843. The second-order valence-electron chi connectivity index (χ2n) is 1.94. The molecule has 1 aliphatic rings. The van der Waals surface area contributed by atoms with Crippen LogP contribution in [0.4, 0.5) is 0 Å². The van der Waals surface area contributed by atoms with Gasteiger partial charge in [0.1, 0.15) is 0 Å². The fourth-order valence-electron chi connectivity index (χ4n) is 0.808. The molecular weight excluding hydrogens is 112 g/mol. The Bertz CT molecular complexity index is 186. The Hall–Kier alpha value is -1.23. The molecule has 0 aromatic heterocycles. The van der Waals surface area contributed by atoms with E-state index < -0.39 is 0 Å². The molecule has 0 fully saturated rings. The van der Waals surface area contributed by atoms with Crippen LogP contribution in [-0.4, -0.2) is 11.4 Å². The van der Waals surface area contributed by atoms with Gasteiger partial charge in [0.25, 0.3) is 0 Å². The van der Waals surface area contributed by atoms with E-state index in [4.69, 9.17) is 5.26 Å². The van der Waals surface area contributed by atoms with E-state index in [9.17, 15) is 0 Å². The Labute approximate surface area is 54.7 Å². The van der Waals surface area contributed by atoms with Crippen molar-refractivity contribution < 1.29 is 0 Å². The second kappa shape index (κ2) is 2.36. The molecule has 0 saturated carbocycles. The molecule has 0 aliphatic carbocycles. The van der Waals surface area contributed by atoms with Crippen molar-refractivity contribution in [3.8, 4) is 6.07 Å². The molecule has 0 spiro atoms. The van der Waals surface area contributed by atoms with Crippen LogP contribution in [0.5, 0.6) is 0 Å². The smallest absolute Gasteiger partial charge is 0.0963 e. The van der Waals surface area contributed by atoms with Crippen molar-refractivity contribution in [3.05, 3.63) is 24.6 Å². The molecule has 0 amide bonds. The number of rotatable bonds is 1. The van der Waals surface area contributed by atoms with E-state index in [1.54, 1.807) is 6.20 Å². The van der Waals surface area contributed by atoms with E-state index in [0.29, 0.717) is 0 Å². The standard InChI is InChI=1S/C7H8N2/c1-2-9-4-3-7(5-8)6-9/h2,6H,1,3-4H2. The molecule has 0 unspecified atom stereocenters. The van der Waals surface area contributed by atoms with Gasteiger partial charge in [-0.05, 0) is 6.20 Å². The highest BCUT2D eigenvalue weighted by Crippen LogP contribution is 2.11. The molecule has 2 nitrogen and oxygen atoms in total. The van der Waals surface area contributed by atoms with Crippen molar-refractivity contribution >= 4 is 0 Å². The van der Waals surface area contributed by atoms with Crippen molar-refractivity contribution in [2.75, 3.05) is 6.54 Å². The number of hydrogen-bond acceptors (Lipinski definition) is 2. The van der Waals surface area contributed by atoms with Crippen molar-refractivity contribution in [1.29, 1.82) is 5.26 Å². The highest BCUT2D eigenvalue weighted by Gasteiger charge is 2.07. The molecule has 9 heavy (non-hydrogen) atoms. The van der Waals surface area contributed by atoms with Gasteiger partial charge >= 0.3 is 0 Å². The molecule has 1 rings (SSSR count). The van der Waals surface area contributed by atoms with Gasteiger partial charge in [0.05, 0.1) is 6.07 Å². The van der Waals surface area contributed by atoms with Crippen LogP contribution in [0, 0.1) is 11.3 Å². The van der Waals surface area contributed by atoms with Gasteiger partial charge in [-0.15, -0.1) is 0 Å². The van der Waals surface area contributed by atoms with Gasteiger partial charge in [-0.1, -0.05) is 6.58 Å². The van der Waals surface area contributed by atoms with Gasteiger partial charge in [-0.2, -0.15) is 5.26 Å². The monoisotopic (exact) mass is 120 g/mol. The van der Waals surface area contributed by atoms with Crippen LogP contribution in [0.3, 0.4) is 0 Å². The third-order valence-corrected chi connectivity index (χ3v) is 1.34. The first-order valence-corrected chi connectivity index (χ1v) is 2.86. The predicted octanol–water partition coefficient (Wildman–Crippen LogP) is 1.24. The third kappa shape index (κ3) is 1.11. The Morgan fingerprint density at radius 3 is 3.00 bits per heavy atom. The summed E-state index contributed by atoms with van der Waals surface area (Å²) < 4.78 is 0. The van der Waals surface area contributed by atoms with Gasteiger partial charge in [0.2, 0.25) is 0 Å². The molecule has 0 aromatic carbocycles. The minimum Gasteiger partial charge on any atom is -0.354 e. The van der Waals surface area contributed by atoms with Crippen LogP contribution in [0.15, 0.2) is 24.6 Å². The van der Waals surface area contributed by atoms with E-state index in [0.717, 1.165) is 18.5 Å². The van der Waals surface area contributed by atoms with Crippen LogP contribution in [0.2, 0.25) is 0 Å². The summed E-state index contributed by atoms with van der Waals surface area (Å²) in [4.78, 5) is 1.92. The zero-order chi connectivity index (χ0) is 6.69. The first kappa shape index (κ1) is 5.90. The SMILES string of the molecule is C=CN1C=C(C#N)CC1. The molecule has 46 valence electrons. The molecule has 1 heterocycles. The van der Waals surface area contributed by atoms with Crippen LogP contribution in [0.1, 0.15) is 6.42 Å². The summed E-state index contributed by atoms with van der Waals surface area (Å²) in [6.07, 6.45) is 4.42. The molecular formula is C7H8N2. The van der Waals surface area contributed by atoms with Crippen molar-refractivity contribution in [3.63, 3.8) is 0 Å². The van der Waals surface area contributed by atoms with Crippen molar-refractivity contribution in [2.24, 2.45) is 0 Å². The molecule has 0 aromatic rings. The van der Waals surface area contributed by atoms with Gasteiger partial charge in [-0.3, -0.25) is 0 Å². The third-order valence-electron chi connectivity index (χ3n) is 1.34. The molecule has 0 N–H and O–H groups in total. The van der Waals surface area contributed by atoms with Gasteiger partial charge in [0.15, 0.2) is 0 Å². The summed E-state index contributed by atoms with van der Waals surface area (Å²) in [5, 5.41) is 8.40. The first-order chi connectivity index (χ1) is 4.36. The Morgan fingerprint density at radius 2 is 2.67 bits per heavy atom. The first-order valence-electron chi connectivity index (χ1n) is 2.86. The molecule has 0 radical (unpaired) electrons. The number of hydrogen-bond donors (Lipinski definition) is 0. The van der Waals surface area contributed by atoms with Crippen LogP contribution in [-0.2, 0) is 0 Å². The van der Waals surface area contributed by atoms with E-state index >= 15 is 0 Å². The highest BCUT2D eigenvalue weighted by molar-refractivity contribution is 5.24. The van der Waals surface area contributed by atoms with E-state index in [-0.39, 0.29) is 0 Å². The maximum absolute atomic E-state index is 8.40. The summed E-state index contributed by atoms with van der Waals surface area (Å²) in [7, 11) is 0. The molecule has 0 atom stereocenters. The zero-order valence-corrected chi connectivity index (χ0v) is 5.17. The summed E-state index contributed by atoms with van der Waals surface area (Å²) in [6.45, 7) is 4.49. The second-order valence-corrected chi connectivity index (χ2v) is 1.94. The minimum absolute atomic E-state index is 0.843. The van der Waals surface area contributed by atoms with Crippen LogP contribution >= 0.6 is 0 Å². The molecule has 2 heteroatoms. The number of nitrogens with zero attached hydrogens (tertiary/aromatic N) is 2.